The maximum absolute atomic E-state index is 5.81. The van der Waals surface area contributed by atoms with Gasteiger partial charge in [0.2, 0.25) is 0 Å². The van der Waals surface area contributed by atoms with Gasteiger partial charge in [-0.05, 0) is 65.7 Å². The molecule has 3 heteroatoms. The first-order valence-electron chi connectivity index (χ1n) is 7.76. The number of rotatable bonds is 5. The number of hydrogen-bond donors (Lipinski definition) is 0. The van der Waals surface area contributed by atoms with E-state index in [0.29, 0.717) is 6.10 Å². The van der Waals surface area contributed by atoms with Crippen LogP contribution in [0.1, 0.15) is 44.9 Å². The lowest BCUT2D eigenvalue weighted by Crippen LogP contribution is -2.40. The number of nitrogens with zero attached hydrogens (tertiary/aromatic N) is 2. The van der Waals surface area contributed by atoms with Crippen LogP contribution < -0.4 is 0 Å². The Morgan fingerprint density at radius 1 is 1.17 bits per heavy atom. The molecule has 0 saturated carbocycles. The summed E-state index contributed by atoms with van der Waals surface area (Å²) in [5.41, 5.74) is 0. The van der Waals surface area contributed by atoms with Gasteiger partial charge in [0.15, 0.2) is 0 Å². The molecule has 0 amide bonds. The van der Waals surface area contributed by atoms with E-state index >= 15 is 0 Å². The SMILES string of the molecule is CN(CC[C@H]1CCCCN1C)C[C@@H]1CCCCO1. The third kappa shape index (κ3) is 4.52. The molecule has 0 spiro atoms. The minimum Gasteiger partial charge on any atom is -0.377 e. The molecule has 0 N–H and O–H groups in total. The predicted octanol–water partition coefficient (Wildman–Crippen LogP) is 2.36. The van der Waals surface area contributed by atoms with E-state index in [1.165, 1.54) is 58.0 Å². The van der Waals surface area contributed by atoms with E-state index in [4.69, 9.17) is 4.74 Å². The van der Waals surface area contributed by atoms with Crippen LogP contribution in [0.4, 0.5) is 0 Å². The summed E-state index contributed by atoms with van der Waals surface area (Å²) in [6.45, 7) is 4.61. The Morgan fingerprint density at radius 3 is 2.72 bits per heavy atom. The van der Waals surface area contributed by atoms with Gasteiger partial charge in [-0.3, -0.25) is 0 Å². The molecule has 2 aliphatic rings. The van der Waals surface area contributed by atoms with Crippen LogP contribution in [-0.4, -0.2) is 62.3 Å². The van der Waals surface area contributed by atoms with Crippen molar-refractivity contribution in [1.82, 2.24) is 9.80 Å². The maximum atomic E-state index is 5.81. The molecule has 0 aromatic rings. The number of ether oxygens (including phenoxy) is 1. The maximum Gasteiger partial charge on any atom is 0.0701 e. The lowest BCUT2D eigenvalue weighted by atomic mass is 10.00. The van der Waals surface area contributed by atoms with Gasteiger partial charge in [-0.1, -0.05) is 6.42 Å². The Bertz CT molecular complexity index is 229. The smallest absolute Gasteiger partial charge is 0.0701 e. The van der Waals surface area contributed by atoms with Crippen LogP contribution in [0, 0.1) is 0 Å². The largest absolute Gasteiger partial charge is 0.377 e. The highest BCUT2D eigenvalue weighted by Gasteiger charge is 2.20. The van der Waals surface area contributed by atoms with Gasteiger partial charge >= 0.3 is 0 Å². The molecule has 0 bridgehead atoms. The van der Waals surface area contributed by atoms with Crippen LogP contribution in [0.3, 0.4) is 0 Å². The molecule has 2 fully saturated rings. The van der Waals surface area contributed by atoms with E-state index in [1.54, 1.807) is 0 Å². The fourth-order valence-corrected chi connectivity index (χ4v) is 3.27. The van der Waals surface area contributed by atoms with E-state index < -0.39 is 0 Å². The zero-order chi connectivity index (χ0) is 12.8. The molecule has 2 aliphatic heterocycles. The third-order valence-electron chi connectivity index (χ3n) is 4.55. The van der Waals surface area contributed by atoms with Crippen LogP contribution in [0.5, 0.6) is 0 Å². The van der Waals surface area contributed by atoms with Crippen molar-refractivity contribution in [2.75, 3.05) is 40.3 Å². The zero-order valence-corrected chi connectivity index (χ0v) is 12.2. The topological polar surface area (TPSA) is 15.7 Å². The van der Waals surface area contributed by atoms with Gasteiger partial charge in [-0.15, -0.1) is 0 Å². The summed E-state index contributed by atoms with van der Waals surface area (Å²) in [6, 6.07) is 0.813. The molecule has 0 radical (unpaired) electrons. The van der Waals surface area contributed by atoms with Gasteiger partial charge in [-0.2, -0.15) is 0 Å². The molecule has 2 atom stereocenters. The summed E-state index contributed by atoms with van der Waals surface area (Å²) >= 11 is 0. The van der Waals surface area contributed by atoms with Gasteiger partial charge in [0.05, 0.1) is 6.10 Å². The van der Waals surface area contributed by atoms with Gasteiger partial charge in [0.1, 0.15) is 0 Å². The summed E-state index contributed by atoms with van der Waals surface area (Å²) in [4.78, 5) is 5.02. The second kappa shape index (κ2) is 7.46. The normalized spacial score (nSPS) is 30.8. The Balaban J connectivity index is 1.62. The Kier molecular flexibility index (Phi) is 5.93. The van der Waals surface area contributed by atoms with Crippen LogP contribution >= 0.6 is 0 Å². The molecular weight excluding hydrogens is 224 g/mol. The van der Waals surface area contributed by atoms with Crippen molar-refractivity contribution in [3.63, 3.8) is 0 Å². The molecule has 0 aromatic heterocycles. The van der Waals surface area contributed by atoms with Crippen LogP contribution in [0.25, 0.3) is 0 Å². The van der Waals surface area contributed by atoms with E-state index in [1.807, 2.05) is 0 Å². The molecule has 2 rings (SSSR count). The van der Waals surface area contributed by atoms with Crippen molar-refractivity contribution in [2.45, 2.75) is 57.1 Å². The van der Waals surface area contributed by atoms with Gasteiger partial charge in [0.25, 0.3) is 0 Å². The van der Waals surface area contributed by atoms with Crippen LogP contribution in [0.2, 0.25) is 0 Å². The highest BCUT2D eigenvalue weighted by atomic mass is 16.5. The minimum atomic E-state index is 0.493. The van der Waals surface area contributed by atoms with Crippen molar-refractivity contribution >= 4 is 0 Å². The average Bonchev–Trinajstić information content (AvgIpc) is 2.39. The average molecular weight is 254 g/mol. The quantitative estimate of drug-likeness (QED) is 0.749. The first kappa shape index (κ1) is 14.3. The predicted molar refractivity (Wildman–Crippen MR) is 76.0 cm³/mol. The molecule has 0 unspecified atom stereocenters. The number of hydrogen-bond acceptors (Lipinski definition) is 3. The fourth-order valence-electron chi connectivity index (χ4n) is 3.27. The Labute approximate surface area is 112 Å². The fraction of sp³-hybridized carbons (Fsp3) is 1.00. The molecule has 18 heavy (non-hydrogen) atoms. The standard InChI is InChI=1S/C15H30N2O/c1-16(13-15-8-4-6-12-18-15)11-9-14-7-3-5-10-17(14)2/h14-15H,3-13H2,1-2H3/t14-,15+/m1/s1. The molecule has 3 nitrogen and oxygen atoms in total. The first-order valence-corrected chi connectivity index (χ1v) is 7.76. The second-order valence-corrected chi connectivity index (χ2v) is 6.17. The molecule has 2 saturated heterocycles. The van der Waals surface area contributed by atoms with Crippen molar-refractivity contribution in [2.24, 2.45) is 0 Å². The number of piperidine rings is 1. The van der Waals surface area contributed by atoms with Crippen molar-refractivity contribution in [1.29, 1.82) is 0 Å². The van der Waals surface area contributed by atoms with E-state index in [-0.39, 0.29) is 0 Å². The minimum absolute atomic E-state index is 0.493. The highest BCUT2D eigenvalue weighted by Crippen LogP contribution is 2.18. The third-order valence-corrected chi connectivity index (χ3v) is 4.55. The summed E-state index contributed by atoms with van der Waals surface area (Å²) in [5, 5.41) is 0. The molecule has 0 aromatic carbocycles. The van der Waals surface area contributed by atoms with E-state index in [2.05, 4.69) is 23.9 Å². The van der Waals surface area contributed by atoms with Crippen LogP contribution in [-0.2, 0) is 4.74 Å². The van der Waals surface area contributed by atoms with Gasteiger partial charge < -0.3 is 14.5 Å². The highest BCUT2D eigenvalue weighted by molar-refractivity contribution is 4.76. The summed E-state index contributed by atoms with van der Waals surface area (Å²) in [6.07, 6.45) is 9.88. The second-order valence-electron chi connectivity index (χ2n) is 6.17. The summed E-state index contributed by atoms with van der Waals surface area (Å²) in [5.74, 6) is 0. The Hall–Kier alpha value is -0.120. The molecule has 2 heterocycles. The van der Waals surface area contributed by atoms with Gasteiger partial charge in [0, 0.05) is 19.2 Å². The number of likely N-dealkylation sites (tertiary alicyclic amines) is 1. The Morgan fingerprint density at radius 2 is 2.00 bits per heavy atom. The monoisotopic (exact) mass is 254 g/mol. The van der Waals surface area contributed by atoms with Crippen molar-refractivity contribution < 1.29 is 4.74 Å². The summed E-state index contributed by atoms with van der Waals surface area (Å²) in [7, 11) is 4.54. The first-order chi connectivity index (χ1) is 8.75. The number of likely N-dealkylation sites (N-methyl/N-ethyl adjacent to an activating group) is 1. The van der Waals surface area contributed by atoms with E-state index in [9.17, 15) is 0 Å². The van der Waals surface area contributed by atoms with Crippen molar-refractivity contribution in [3.8, 4) is 0 Å². The van der Waals surface area contributed by atoms with Crippen molar-refractivity contribution in [3.05, 3.63) is 0 Å². The van der Waals surface area contributed by atoms with Gasteiger partial charge in [-0.25, -0.2) is 0 Å². The lowest BCUT2D eigenvalue weighted by Gasteiger charge is -2.34. The lowest BCUT2D eigenvalue weighted by molar-refractivity contribution is -0.00271. The van der Waals surface area contributed by atoms with Crippen LogP contribution in [0.15, 0.2) is 0 Å². The molecular formula is C15H30N2O. The zero-order valence-electron chi connectivity index (χ0n) is 12.2. The molecule has 0 aliphatic carbocycles. The molecule has 106 valence electrons. The van der Waals surface area contributed by atoms with E-state index in [0.717, 1.165) is 19.2 Å². The summed E-state index contributed by atoms with van der Waals surface area (Å²) < 4.78 is 5.81.